The predicted octanol–water partition coefficient (Wildman–Crippen LogP) is 5.64. The Labute approximate surface area is 119 Å². The van der Waals surface area contributed by atoms with Crippen molar-refractivity contribution in [3.8, 4) is 5.75 Å². The number of hydrogen-bond acceptors (Lipinski definition) is 1. The summed E-state index contributed by atoms with van der Waals surface area (Å²) < 4.78 is 0. The summed E-state index contributed by atoms with van der Waals surface area (Å²) in [6, 6.07) is 6.13. The molecule has 0 aliphatic heterocycles. The van der Waals surface area contributed by atoms with Gasteiger partial charge in [0.1, 0.15) is 5.75 Å². The van der Waals surface area contributed by atoms with Crippen LogP contribution in [0.1, 0.15) is 76.3 Å². The van der Waals surface area contributed by atoms with Gasteiger partial charge < -0.3 is 5.11 Å². The van der Waals surface area contributed by atoms with Gasteiger partial charge in [-0.1, -0.05) is 70.9 Å². The van der Waals surface area contributed by atoms with Crippen LogP contribution in [0.2, 0.25) is 0 Å². The number of hydrogen-bond donors (Lipinski definition) is 1. The third-order valence-electron chi connectivity index (χ3n) is 3.73. The standard InChI is InChI=1S/C18H30O/c1-3-5-6-7-8-9-10-12-16-13-14-18(19)17(15-16)11-4-2/h13-15,19H,3-12H2,1-2H3. The highest BCUT2D eigenvalue weighted by atomic mass is 16.3. The minimum absolute atomic E-state index is 0.463. The van der Waals surface area contributed by atoms with Crippen LogP contribution in [0, 0.1) is 0 Å². The maximum absolute atomic E-state index is 9.76. The fourth-order valence-electron chi connectivity index (χ4n) is 2.55. The number of phenols is 1. The lowest BCUT2D eigenvalue weighted by Crippen LogP contribution is -1.91. The van der Waals surface area contributed by atoms with Gasteiger partial charge in [0.2, 0.25) is 0 Å². The molecule has 108 valence electrons. The quantitative estimate of drug-likeness (QED) is 0.541. The van der Waals surface area contributed by atoms with Crippen molar-refractivity contribution in [1.82, 2.24) is 0 Å². The molecule has 0 atom stereocenters. The van der Waals surface area contributed by atoms with Crippen molar-refractivity contribution in [1.29, 1.82) is 0 Å². The van der Waals surface area contributed by atoms with E-state index in [-0.39, 0.29) is 0 Å². The van der Waals surface area contributed by atoms with Gasteiger partial charge in [0.25, 0.3) is 0 Å². The molecule has 0 saturated heterocycles. The van der Waals surface area contributed by atoms with Gasteiger partial charge >= 0.3 is 0 Å². The highest BCUT2D eigenvalue weighted by Crippen LogP contribution is 2.21. The first-order valence-electron chi connectivity index (χ1n) is 8.08. The number of rotatable bonds is 10. The van der Waals surface area contributed by atoms with Crippen molar-refractivity contribution >= 4 is 0 Å². The van der Waals surface area contributed by atoms with E-state index in [0.29, 0.717) is 5.75 Å². The smallest absolute Gasteiger partial charge is 0.118 e. The second-order valence-corrected chi connectivity index (χ2v) is 5.58. The van der Waals surface area contributed by atoms with Crippen LogP contribution < -0.4 is 0 Å². The van der Waals surface area contributed by atoms with Crippen molar-refractivity contribution in [2.24, 2.45) is 0 Å². The van der Waals surface area contributed by atoms with Gasteiger partial charge in [-0.25, -0.2) is 0 Å². The van der Waals surface area contributed by atoms with Crippen molar-refractivity contribution in [3.63, 3.8) is 0 Å². The molecule has 1 rings (SSSR count). The normalized spacial score (nSPS) is 10.8. The van der Waals surface area contributed by atoms with E-state index in [9.17, 15) is 5.11 Å². The minimum Gasteiger partial charge on any atom is -0.508 e. The average Bonchev–Trinajstić information content (AvgIpc) is 2.41. The molecule has 19 heavy (non-hydrogen) atoms. The number of aromatic hydroxyl groups is 1. The van der Waals surface area contributed by atoms with Gasteiger partial charge in [0.05, 0.1) is 0 Å². The summed E-state index contributed by atoms with van der Waals surface area (Å²) in [4.78, 5) is 0. The third-order valence-corrected chi connectivity index (χ3v) is 3.73. The molecule has 1 aromatic rings. The van der Waals surface area contributed by atoms with Crippen LogP contribution in [0.15, 0.2) is 18.2 Å². The van der Waals surface area contributed by atoms with E-state index in [2.05, 4.69) is 26.0 Å². The van der Waals surface area contributed by atoms with Crippen LogP contribution in [0.5, 0.6) is 5.75 Å². The average molecular weight is 262 g/mol. The van der Waals surface area contributed by atoms with Gasteiger partial charge in [-0.05, 0) is 36.5 Å². The second-order valence-electron chi connectivity index (χ2n) is 5.58. The molecule has 0 aromatic heterocycles. The fraction of sp³-hybridized carbons (Fsp3) is 0.667. The summed E-state index contributed by atoms with van der Waals surface area (Å²) in [5, 5.41) is 9.76. The summed E-state index contributed by atoms with van der Waals surface area (Å²) in [5.74, 6) is 0.463. The van der Waals surface area contributed by atoms with E-state index in [1.165, 1.54) is 50.5 Å². The lowest BCUT2D eigenvalue weighted by atomic mass is 10.0. The first-order valence-corrected chi connectivity index (χ1v) is 8.08. The minimum atomic E-state index is 0.463. The van der Waals surface area contributed by atoms with Gasteiger partial charge in [-0.15, -0.1) is 0 Å². The number of unbranched alkanes of at least 4 members (excludes halogenated alkanes) is 6. The fourth-order valence-corrected chi connectivity index (χ4v) is 2.55. The summed E-state index contributed by atoms with van der Waals surface area (Å²) in [6.07, 6.45) is 12.7. The highest BCUT2D eigenvalue weighted by molar-refractivity contribution is 5.36. The van der Waals surface area contributed by atoms with Gasteiger partial charge in [-0.2, -0.15) is 0 Å². The van der Waals surface area contributed by atoms with Crippen molar-refractivity contribution < 1.29 is 5.11 Å². The van der Waals surface area contributed by atoms with E-state index < -0.39 is 0 Å². The van der Waals surface area contributed by atoms with Crippen molar-refractivity contribution in [3.05, 3.63) is 29.3 Å². The van der Waals surface area contributed by atoms with E-state index in [4.69, 9.17) is 0 Å². The topological polar surface area (TPSA) is 20.2 Å². The summed E-state index contributed by atoms with van der Waals surface area (Å²) in [6.45, 7) is 4.42. The third kappa shape index (κ3) is 6.66. The second kappa shape index (κ2) is 9.89. The summed E-state index contributed by atoms with van der Waals surface area (Å²) in [7, 11) is 0. The molecule has 0 heterocycles. The molecule has 1 N–H and O–H groups in total. The van der Waals surface area contributed by atoms with Gasteiger partial charge in [0.15, 0.2) is 0 Å². The Bertz CT molecular complexity index is 344. The van der Waals surface area contributed by atoms with Crippen molar-refractivity contribution in [2.45, 2.75) is 78.1 Å². The van der Waals surface area contributed by atoms with Crippen LogP contribution in [0.3, 0.4) is 0 Å². The van der Waals surface area contributed by atoms with Crippen LogP contribution >= 0.6 is 0 Å². The molecule has 0 bridgehead atoms. The van der Waals surface area contributed by atoms with Gasteiger partial charge in [0, 0.05) is 0 Å². The van der Waals surface area contributed by atoms with Crippen molar-refractivity contribution in [2.75, 3.05) is 0 Å². The Morgan fingerprint density at radius 1 is 0.789 bits per heavy atom. The molecule has 0 fully saturated rings. The van der Waals surface area contributed by atoms with E-state index in [1.807, 2.05) is 6.07 Å². The van der Waals surface area contributed by atoms with Crippen LogP contribution in [0.25, 0.3) is 0 Å². The Hall–Kier alpha value is -0.980. The molecule has 0 radical (unpaired) electrons. The molecule has 0 spiro atoms. The molecule has 0 aliphatic rings. The summed E-state index contributed by atoms with van der Waals surface area (Å²) >= 11 is 0. The van der Waals surface area contributed by atoms with E-state index in [1.54, 1.807) is 0 Å². The number of aryl methyl sites for hydroxylation is 2. The molecule has 0 aliphatic carbocycles. The molecule has 1 nitrogen and oxygen atoms in total. The SMILES string of the molecule is CCCCCCCCCc1ccc(O)c(CCC)c1. The lowest BCUT2D eigenvalue weighted by Gasteiger charge is -2.07. The van der Waals surface area contributed by atoms with Gasteiger partial charge in [-0.3, -0.25) is 0 Å². The van der Waals surface area contributed by atoms with Crippen LogP contribution in [-0.2, 0) is 12.8 Å². The first-order chi connectivity index (χ1) is 9.27. The zero-order valence-corrected chi connectivity index (χ0v) is 12.8. The molecular weight excluding hydrogens is 232 g/mol. The Kier molecular flexibility index (Phi) is 8.36. The maximum atomic E-state index is 9.76. The van der Waals surface area contributed by atoms with E-state index >= 15 is 0 Å². The molecule has 0 saturated carbocycles. The predicted molar refractivity (Wildman–Crippen MR) is 83.8 cm³/mol. The Balaban J connectivity index is 2.23. The van der Waals surface area contributed by atoms with Crippen LogP contribution in [-0.4, -0.2) is 5.11 Å². The van der Waals surface area contributed by atoms with E-state index in [0.717, 1.165) is 24.8 Å². The Morgan fingerprint density at radius 3 is 2.16 bits per heavy atom. The van der Waals surface area contributed by atoms with Crippen LogP contribution in [0.4, 0.5) is 0 Å². The molecule has 1 aromatic carbocycles. The molecule has 1 heteroatoms. The summed E-state index contributed by atoms with van der Waals surface area (Å²) in [5.41, 5.74) is 2.50. The molecular formula is C18H30O. The molecule has 0 unspecified atom stereocenters. The zero-order valence-electron chi connectivity index (χ0n) is 12.8. The monoisotopic (exact) mass is 262 g/mol. The zero-order chi connectivity index (χ0) is 13.9. The Morgan fingerprint density at radius 2 is 1.47 bits per heavy atom. The highest BCUT2D eigenvalue weighted by Gasteiger charge is 2.02. The lowest BCUT2D eigenvalue weighted by molar-refractivity contribution is 0.467. The number of phenolic OH excluding ortho intramolecular Hbond substituents is 1. The first kappa shape index (κ1) is 16.1. The molecule has 0 amide bonds. The maximum Gasteiger partial charge on any atom is 0.118 e. The largest absolute Gasteiger partial charge is 0.508 e. The number of benzene rings is 1.